The van der Waals surface area contributed by atoms with Gasteiger partial charge in [-0.2, -0.15) is 0 Å². The van der Waals surface area contributed by atoms with Crippen molar-refractivity contribution < 1.29 is 4.74 Å². The van der Waals surface area contributed by atoms with Crippen LogP contribution in [0.1, 0.15) is 155 Å². The van der Waals surface area contributed by atoms with Gasteiger partial charge in [-0.25, -0.2) is 0 Å². The van der Waals surface area contributed by atoms with Crippen LogP contribution >= 0.6 is 0 Å². The summed E-state index contributed by atoms with van der Waals surface area (Å²) < 4.78 is 6.67. The summed E-state index contributed by atoms with van der Waals surface area (Å²) in [6, 6.07) is 0. The molecule has 0 radical (unpaired) electrons. The van der Waals surface area contributed by atoms with Gasteiger partial charge in [0.15, 0.2) is 0 Å². The molecule has 0 N–H and O–H groups in total. The van der Waals surface area contributed by atoms with Crippen LogP contribution in [0.5, 0.6) is 0 Å². The molecule has 0 saturated heterocycles. The standard InChI is InChI=1S/C28H54O/c1-3-15-27(19-13-9-5-7-11-17-25-21-22-25)29-28(16-4-2)20-14-10-6-8-12-18-26-23-24-26/h25-28H,3-24H2,1-2H3. The minimum atomic E-state index is 0.529. The third-order valence-corrected chi connectivity index (χ3v) is 7.28. The highest BCUT2D eigenvalue weighted by atomic mass is 16.5. The second-order valence-corrected chi connectivity index (χ2v) is 10.5. The van der Waals surface area contributed by atoms with Crippen LogP contribution in [0.2, 0.25) is 0 Å². The SMILES string of the molecule is CCCC(CCCCCCCC1CC1)OC(CCC)CCCCCCCC1CC1. The fourth-order valence-corrected chi connectivity index (χ4v) is 4.96. The van der Waals surface area contributed by atoms with Gasteiger partial charge in [-0.3, -0.25) is 0 Å². The summed E-state index contributed by atoms with van der Waals surface area (Å²) in [5, 5.41) is 0. The lowest BCUT2D eigenvalue weighted by Gasteiger charge is -2.25. The first-order chi connectivity index (χ1) is 14.3. The fraction of sp³-hybridized carbons (Fsp3) is 1.00. The average molecular weight is 407 g/mol. The fourth-order valence-electron chi connectivity index (χ4n) is 4.96. The van der Waals surface area contributed by atoms with Crippen molar-refractivity contribution in [2.24, 2.45) is 11.8 Å². The predicted molar refractivity (Wildman–Crippen MR) is 129 cm³/mol. The maximum atomic E-state index is 6.67. The van der Waals surface area contributed by atoms with Crippen LogP contribution in [0.25, 0.3) is 0 Å². The Morgan fingerprint density at radius 3 is 1.28 bits per heavy atom. The topological polar surface area (TPSA) is 9.23 Å². The third kappa shape index (κ3) is 14.6. The molecule has 0 aromatic heterocycles. The summed E-state index contributed by atoms with van der Waals surface area (Å²) in [5.41, 5.74) is 0. The summed E-state index contributed by atoms with van der Waals surface area (Å²) in [6.07, 6.45) is 32.3. The largest absolute Gasteiger partial charge is 0.375 e. The second kappa shape index (κ2) is 16.6. The molecule has 172 valence electrons. The molecule has 2 saturated carbocycles. The van der Waals surface area contributed by atoms with Crippen LogP contribution in [0.4, 0.5) is 0 Å². The number of ether oxygens (including phenoxy) is 1. The zero-order valence-corrected chi connectivity index (χ0v) is 20.3. The van der Waals surface area contributed by atoms with E-state index in [-0.39, 0.29) is 0 Å². The lowest BCUT2D eigenvalue weighted by molar-refractivity contribution is -0.0308. The predicted octanol–water partition coefficient (Wildman–Crippen LogP) is 9.62. The molecule has 2 fully saturated rings. The van der Waals surface area contributed by atoms with Crippen molar-refractivity contribution in [3.8, 4) is 0 Å². The molecule has 2 aliphatic carbocycles. The Morgan fingerprint density at radius 2 is 0.897 bits per heavy atom. The smallest absolute Gasteiger partial charge is 0.0578 e. The normalized spacial score (nSPS) is 18.8. The molecule has 1 heteroatoms. The van der Waals surface area contributed by atoms with Crippen molar-refractivity contribution in [2.45, 2.75) is 167 Å². The Hall–Kier alpha value is -0.0400. The summed E-state index contributed by atoms with van der Waals surface area (Å²) in [5.74, 6) is 2.24. The van der Waals surface area contributed by atoms with Gasteiger partial charge in [0.25, 0.3) is 0 Å². The summed E-state index contributed by atoms with van der Waals surface area (Å²) in [4.78, 5) is 0. The van der Waals surface area contributed by atoms with Gasteiger partial charge in [0.05, 0.1) is 12.2 Å². The summed E-state index contributed by atoms with van der Waals surface area (Å²) in [7, 11) is 0. The highest BCUT2D eigenvalue weighted by molar-refractivity contribution is 4.73. The molecule has 0 aliphatic heterocycles. The van der Waals surface area contributed by atoms with Crippen molar-refractivity contribution in [3.05, 3.63) is 0 Å². The van der Waals surface area contributed by atoms with E-state index in [1.165, 1.54) is 141 Å². The maximum absolute atomic E-state index is 6.67. The number of unbranched alkanes of at least 4 members (excludes halogenated alkanes) is 8. The van der Waals surface area contributed by atoms with Crippen molar-refractivity contribution in [1.82, 2.24) is 0 Å². The van der Waals surface area contributed by atoms with E-state index in [0.29, 0.717) is 12.2 Å². The van der Waals surface area contributed by atoms with Gasteiger partial charge in [0.1, 0.15) is 0 Å². The summed E-state index contributed by atoms with van der Waals surface area (Å²) in [6.45, 7) is 4.65. The first kappa shape index (κ1) is 25.2. The molecule has 2 unspecified atom stereocenters. The Balaban J connectivity index is 1.48. The molecule has 29 heavy (non-hydrogen) atoms. The molecule has 0 spiro atoms. The van der Waals surface area contributed by atoms with Crippen molar-refractivity contribution in [3.63, 3.8) is 0 Å². The second-order valence-electron chi connectivity index (χ2n) is 10.5. The maximum Gasteiger partial charge on any atom is 0.0578 e. The molecule has 0 aromatic rings. The quantitative estimate of drug-likeness (QED) is 0.163. The van der Waals surface area contributed by atoms with Crippen LogP contribution in [-0.4, -0.2) is 12.2 Å². The van der Waals surface area contributed by atoms with Gasteiger partial charge >= 0.3 is 0 Å². The van der Waals surface area contributed by atoms with Gasteiger partial charge in [0.2, 0.25) is 0 Å². The Kier molecular flexibility index (Phi) is 14.5. The molecule has 2 rings (SSSR count). The van der Waals surface area contributed by atoms with E-state index in [4.69, 9.17) is 4.74 Å². The van der Waals surface area contributed by atoms with E-state index in [1.807, 2.05) is 0 Å². The monoisotopic (exact) mass is 406 g/mol. The Bertz CT molecular complexity index is 323. The van der Waals surface area contributed by atoms with E-state index < -0.39 is 0 Å². The van der Waals surface area contributed by atoms with Crippen LogP contribution in [0, 0.1) is 11.8 Å². The zero-order chi connectivity index (χ0) is 20.6. The molecule has 2 aliphatic rings. The zero-order valence-electron chi connectivity index (χ0n) is 20.3. The van der Waals surface area contributed by atoms with Gasteiger partial charge in [0, 0.05) is 0 Å². The van der Waals surface area contributed by atoms with E-state index in [0.717, 1.165) is 11.8 Å². The van der Waals surface area contributed by atoms with Gasteiger partial charge in [-0.15, -0.1) is 0 Å². The van der Waals surface area contributed by atoms with Crippen LogP contribution in [0.15, 0.2) is 0 Å². The highest BCUT2D eigenvalue weighted by Gasteiger charge is 2.20. The van der Waals surface area contributed by atoms with Gasteiger partial charge < -0.3 is 4.74 Å². The Labute approximate surface area is 184 Å². The third-order valence-electron chi connectivity index (χ3n) is 7.28. The average Bonchev–Trinajstić information content (AvgIpc) is 3.61. The highest BCUT2D eigenvalue weighted by Crippen LogP contribution is 2.34. The van der Waals surface area contributed by atoms with Crippen LogP contribution in [0.3, 0.4) is 0 Å². The molecular formula is C28H54O. The molecular weight excluding hydrogens is 352 g/mol. The number of hydrogen-bond donors (Lipinski definition) is 0. The van der Waals surface area contributed by atoms with E-state index in [2.05, 4.69) is 13.8 Å². The van der Waals surface area contributed by atoms with Crippen molar-refractivity contribution >= 4 is 0 Å². The van der Waals surface area contributed by atoms with E-state index in [9.17, 15) is 0 Å². The van der Waals surface area contributed by atoms with E-state index >= 15 is 0 Å². The molecule has 1 nitrogen and oxygen atoms in total. The lowest BCUT2D eigenvalue weighted by Crippen LogP contribution is -2.22. The number of rotatable bonds is 22. The van der Waals surface area contributed by atoms with Crippen LogP contribution < -0.4 is 0 Å². The number of hydrogen-bond acceptors (Lipinski definition) is 1. The Morgan fingerprint density at radius 1 is 0.517 bits per heavy atom. The molecule has 0 aromatic carbocycles. The first-order valence-corrected chi connectivity index (χ1v) is 14.0. The lowest BCUT2D eigenvalue weighted by atomic mass is 10.0. The van der Waals surface area contributed by atoms with Crippen molar-refractivity contribution in [1.29, 1.82) is 0 Å². The minimum absolute atomic E-state index is 0.529. The van der Waals surface area contributed by atoms with Crippen LogP contribution in [-0.2, 0) is 4.74 Å². The van der Waals surface area contributed by atoms with E-state index in [1.54, 1.807) is 0 Å². The van der Waals surface area contributed by atoms with Crippen molar-refractivity contribution in [2.75, 3.05) is 0 Å². The van der Waals surface area contributed by atoms with Gasteiger partial charge in [-0.05, 0) is 37.5 Å². The first-order valence-electron chi connectivity index (χ1n) is 14.0. The molecule has 0 heterocycles. The van der Waals surface area contributed by atoms with Gasteiger partial charge in [-0.1, -0.05) is 129 Å². The molecule has 0 bridgehead atoms. The molecule has 2 atom stereocenters. The minimum Gasteiger partial charge on any atom is -0.375 e. The summed E-state index contributed by atoms with van der Waals surface area (Å²) >= 11 is 0. The molecule has 0 amide bonds.